The van der Waals surface area contributed by atoms with Crippen LogP contribution in [0.5, 0.6) is 0 Å². The van der Waals surface area contributed by atoms with Gasteiger partial charge in [0.05, 0.1) is 15.9 Å². The van der Waals surface area contributed by atoms with E-state index in [9.17, 15) is 19.5 Å². The Balaban J connectivity index is 1.94. The Kier molecular flexibility index (Phi) is 5.47. The fourth-order valence-electron chi connectivity index (χ4n) is 2.64. The number of fused-ring (bicyclic) bond motifs is 1. The number of carboxylic acids is 2. The van der Waals surface area contributed by atoms with Crippen LogP contribution in [0, 0.1) is 0 Å². The first kappa shape index (κ1) is 18.9. The monoisotopic (exact) mass is 403 g/mol. The maximum atomic E-state index is 12.7. The van der Waals surface area contributed by atoms with E-state index in [0.717, 1.165) is 16.7 Å². The van der Waals surface area contributed by atoms with E-state index in [1.165, 1.54) is 6.20 Å². The van der Waals surface area contributed by atoms with E-state index in [1.54, 1.807) is 30.5 Å². The molecule has 10 heteroatoms. The molecule has 138 valence electrons. The van der Waals surface area contributed by atoms with Crippen LogP contribution < -0.4 is 0 Å². The number of rotatable bonds is 6. The number of aromatic nitrogens is 2. The fraction of sp³-hybridized carbons (Fsp3) is 0.176. The molecule has 1 amide bonds. The second kappa shape index (κ2) is 7.80. The van der Waals surface area contributed by atoms with Gasteiger partial charge in [-0.2, -0.15) is 0 Å². The Morgan fingerprint density at radius 2 is 2.00 bits per heavy atom. The van der Waals surface area contributed by atoms with Crippen LogP contribution in [0.1, 0.15) is 18.4 Å². The van der Waals surface area contributed by atoms with Crippen molar-refractivity contribution in [3.05, 3.63) is 41.1 Å². The van der Waals surface area contributed by atoms with E-state index >= 15 is 0 Å². The molecule has 1 fully saturated rings. The van der Waals surface area contributed by atoms with Gasteiger partial charge in [-0.25, -0.2) is 4.79 Å². The molecular formula is C17H13N3O5S2. The van der Waals surface area contributed by atoms with Gasteiger partial charge in [-0.1, -0.05) is 36.1 Å². The standard InChI is InChI=1S/C17H13N3O5S2/c21-13(22)5-4-11(16(24)25)20-15(23)12(27-17(20)26)8-9-2-1-3-10-14(9)19-7-6-18-10/h1-3,6-8,11H,4-5H2,(H,21,22)(H,24,25). The first-order chi connectivity index (χ1) is 12.9. The zero-order valence-electron chi connectivity index (χ0n) is 13.7. The summed E-state index contributed by atoms with van der Waals surface area (Å²) in [6, 6.07) is 4.00. The van der Waals surface area contributed by atoms with Gasteiger partial charge in [0.15, 0.2) is 0 Å². The normalized spacial score (nSPS) is 16.9. The van der Waals surface area contributed by atoms with Gasteiger partial charge >= 0.3 is 11.9 Å². The van der Waals surface area contributed by atoms with Gasteiger partial charge in [0.25, 0.3) is 5.91 Å². The molecule has 3 rings (SSSR count). The number of thioether (sulfide) groups is 1. The molecule has 2 aromatic rings. The number of carbonyl (C=O) groups excluding carboxylic acids is 1. The Labute approximate surface area is 162 Å². The van der Waals surface area contributed by atoms with Crippen LogP contribution in [0.2, 0.25) is 0 Å². The summed E-state index contributed by atoms with van der Waals surface area (Å²) >= 11 is 6.15. The van der Waals surface area contributed by atoms with Crippen LogP contribution in [0.15, 0.2) is 35.5 Å². The second-order valence-electron chi connectivity index (χ2n) is 5.61. The number of carboxylic acid groups (broad SMARTS) is 2. The molecule has 1 aliphatic heterocycles. The van der Waals surface area contributed by atoms with Gasteiger partial charge < -0.3 is 10.2 Å². The van der Waals surface area contributed by atoms with E-state index in [4.69, 9.17) is 17.3 Å². The van der Waals surface area contributed by atoms with E-state index in [-0.39, 0.29) is 22.1 Å². The average Bonchev–Trinajstić information content (AvgIpc) is 2.89. The molecule has 0 spiro atoms. The zero-order chi connectivity index (χ0) is 19.6. The highest BCUT2D eigenvalue weighted by Gasteiger charge is 2.40. The fourth-order valence-corrected chi connectivity index (χ4v) is 3.99. The van der Waals surface area contributed by atoms with Gasteiger partial charge in [-0.15, -0.1) is 0 Å². The molecule has 0 saturated carbocycles. The van der Waals surface area contributed by atoms with Gasteiger partial charge in [0.1, 0.15) is 10.4 Å². The van der Waals surface area contributed by atoms with Crippen LogP contribution in [0.3, 0.4) is 0 Å². The lowest BCUT2D eigenvalue weighted by atomic mass is 10.1. The summed E-state index contributed by atoms with van der Waals surface area (Å²) in [5.41, 5.74) is 1.91. The molecule has 2 N–H and O–H groups in total. The number of para-hydroxylation sites is 1. The Bertz CT molecular complexity index is 986. The van der Waals surface area contributed by atoms with E-state index in [1.807, 2.05) is 0 Å². The molecule has 8 nitrogen and oxygen atoms in total. The van der Waals surface area contributed by atoms with Crippen molar-refractivity contribution in [2.45, 2.75) is 18.9 Å². The Morgan fingerprint density at radius 3 is 2.70 bits per heavy atom. The van der Waals surface area contributed by atoms with Crippen LogP contribution in [0.4, 0.5) is 0 Å². The first-order valence-electron chi connectivity index (χ1n) is 7.80. The summed E-state index contributed by atoms with van der Waals surface area (Å²) in [5, 5.41) is 18.2. The van der Waals surface area contributed by atoms with Crippen LogP contribution in [-0.2, 0) is 14.4 Å². The molecule has 1 aliphatic rings. The third kappa shape index (κ3) is 3.96. The minimum absolute atomic E-state index is 0.0790. The van der Waals surface area contributed by atoms with Crippen molar-refractivity contribution in [3.63, 3.8) is 0 Å². The topological polar surface area (TPSA) is 121 Å². The summed E-state index contributed by atoms with van der Waals surface area (Å²) in [6.45, 7) is 0. The lowest BCUT2D eigenvalue weighted by Crippen LogP contribution is -2.44. The van der Waals surface area contributed by atoms with Gasteiger partial charge in [0, 0.05) is 24.4 Å². The maximum Gasteiger partial charge on any atom is 0.326 e. The predicted octanol–water partition coefficient (Wildman–Crippen LogP) is 2.15. The number of nitrogens with zero attached hydrogens (tertiary/aromatic N) is 3. The SMILES string of the molecule is O=C(O)CCC(C(=O)O)N1C(=O)C(=Cc2cccc3nccnc23)SC1=S. The molecular weight excluding hydrogens is 390 g/mol. The van der Waals surface area contributed by atoms with Gasteiger partial charge in [0.2, 0.25) is 0 Å². The molecule has 0 bridgehead atoms. The minimum atomic E-state index is -1.33. The van der Waals surface area contributed by atoms with Crippen molar-refractivity contribution >= 4 is 63.3 Å². The third-order valence-electron chi connectivity index (χ3n) is 3.87. The molecule has 1 aromatic heterocycles. The quantitative estimate of drug-likeness (QED) is 0.552. The minimum Gasteiger partial charge on any atom is -0.481 e. The number of benzene rings is 1. The van der Waals surface area contributed by atoms with Crippen molar-refractivity contribution in [1.29, 1.82) is 0 Å². The summed E-state index contributed by atoms with van der Waals surface area (Å²) in [7, 11) is 0. The molecule has 1 unspecified atom stereocenters. The molecule has 1 atom stereocenters. The molecule has 27 heavy (non-hydrogen) atoms. The summed E-state index contributed by atoms with van der Waals surface area (Å²) in [4.78, 5) is 44.7. The number of amides is 1. The number of thiocarbonyl (C=S) groups is 1. The summed E-state index contributed by atoms with van der Waals surface area (Å²) in [6.07, 6.45) is 4.07. The van der Waals surface area contributed by atoms with Crippen molar-refractivity contribution in [1.82, 2.24) is 14.9 Å². The smallest absolute Gasteiger partial charge is 0.326 e. The first-order valence-corrected chi connectivity index (χ1v) is 9.02. The lowest BCUT2D eigenvalue weighted by Gasteiger charge is -2.22. The molecule has 1 saturated heterocycles. The molecule has 1 aromatic carbocycles. The van der Waals surface area contributed by atoms with E-state index in [2.05, 4.69) is 9.97 Å². The molecule has 2 heterocycles. The second-order valence-corrected chi connectivity index (χ2v) is 7.29. The average molecular weight is 403 g/mol. The van der Waals surface area contributed by atoms with Crippen LogP contribution in [0.25, 0.3) is 17.1 Å². The number of carbonyl (C=O) groups is 3. The highest BCUT2D eigenvalue weighted by molar-refractivity contribution is 8.26. The highest BCUT2D eigenvalue weighted by Crippen LogP contribution is 2.35. The number of hydrogen-bond donors (Lipinski definition) is 2. The maximum absolute atomic E-state index is 12.7. The lowest BCUT2D eigenvalue weighted by molar-refractivity contribution is -0.146. The molecule has 0 aliphatic carbocycles. The summed E-state index contributed by atoms with van der Waals surface area (Å²) < 4.78 is 0.0790. The van der Waals surface area contributed by atoms with Gasteiger partial charge in [-0.05, 0) is 18.6 Å². The highest BCUT2D eigenvalue weighted by atomic mass is 32.2. The predicted molar refractivity (Wildman–Crippen MR) is 103 cm³/mol. The van der Waals surface area contributed by atoms with Crippen molar-refractivity contribution in [3.8, 4) is 0 Å². The Morgan fingerprint density at radius 1 is 1.26 bits per heavy atom. The number of hydrogen-bond acceptors (Lipinski definition) is 7. The van der Waals surface area contributed by atoms with Crippen molar-refractivity contribution < 1.29 is 24.6 Å². The number of aliphatic carboxylic acids is 2. The van der Waals surface area contributed by atoms with Crippen molar-refractivity contribution in [2.24, 2.45) is 0 Å². The zero-order valence-corrected chi connectivity index (χ0v) is 15.4. The van der Waals surface area contributed by atoms with Gasteiger partial charge in [-0.3, -0.25) is 24.5 Å². The Hall–Kier alpha value is -2.85. The largest absolute Gasteiger partial charge is 0.481 e. The van der Waals surface area contributed by atoms with Crippen LogP contribution >= 0.6 is 24.0 Å². The summed E-state index contributed by atoms with van der Waals surface area (Å²) in [5.74, 6) is -3.01. The van der Waals surface area contributed by atoms with Crippen LogP contribution in [-0.4, -0.2) is 53.3 Å². The van der Waals surface area contributed by atoms with E-state index in [0.29, 0.717) is 16.6 Å². The van der Waals surface area contributed by atoms with E-state index < -0.39 is 23.9 Å². The molecule has 0 radical (unpaired) electrons. The van der Waals surface area contributed by atoms with Crippen molar-refractivity contribution in [2.75, 3.05) is 0 Å². The third-order valence-corrected chi connectivity index (χ3v) is 5.20.